The predicted molar refractivity (Wildman–Crippen MR) is 103 cm³/mol. The maximum Gasteiger partial charge on any atom is 0.193 e. The van der Waals surface area contributed by atoms with Crippen molar-refractivity contribution in [3.8, 4) is 5.75 Å². The van der Waals surface area contributed by atoms with E-state index in [9.17, 15) is 0 Å². The van der Waals surface area contributed by atoms with E-state index in [0.29, 0.717) is 18.5 Å². The van der Waals surface area contributed by atoms with Gasteiger partial charge in [0.2, 0.25) is 0 Å². The maximum atomic E-state index is 6.02. The molecule has 1 aliphatic heterocycles. The van der Waals surface area contributed by atoms with Crippen LogP contribution >= 0.6 is 0 Å². The number of guanidine groups is 1. The Bertz CT molecular complexity index is 727. The van der Waals surface area contributed by atoms with Gasteiger partial charge in [-0.05, 0) is 48.7 Å². The van der Waals surface area contributed by atoms with Crippen LogP contribution in [0.25, 0.3) is 0 Å². The van der Waals surface area contributed by atoms with E-state index in [-0.39, 0.29) is 0 Å². The van der Waals surface area contributed by atoms with E-state index in [2.05, 4.69) is 46.4 Å². The lowest BCUT2D eigenvalue weighted by molar-refractivity contribution is 0.195. The van der Waals surface area contributed by atoms with Gasteiger partial charge in [-0.1, -0.05) is 24.3 Å². The van der Waals surface area contributed by atoms with E-state index < -0.39 is 0 Å². The minimum absolute atomic E-state index is 0.351. The largest absolute Gasteiger partial charge is 0.497 e. The fourth-order valence-corrected chi connectivity index (χ4v) is 3.10. The van der Waals surface area contributed by atoms with Crippen LogP contribution in [0.1, 0.15) is 18.1 Å². The number of rotatable bonds is 5. The van der Waals surface area contributed by atoms with Crippen molar-refractivity contribution in [1.82, 2.24) is 4.90 Å². The third kappa shape index (κ3) is 4.51. The normalized spacial score (nSPS) is 16.2. The minimum atomic E-state index is 0.351. The minimum Gasteiger partial charge on any atom is -0.497 e. The van der Waals surface area contributed by atoms with Crippen molar-refractivity contribution < 1.29 is 4.74 Å². The number of nitrogens with zero attached hydrogens (tertiary/aromatic N) is 2. The second-order valence-electron chi connectivity index (χ2n) is 6.42. The summed E-state index contributed by atoms with van der Waals surface area (Å²) in [6, 6.07) is 16.7. The highest BCUT2D eigenvalue weighted by Gasteiger charge is 2.19. The highest BCUT2D eigenvalue weighted by Crippen LogP contribution is 2.20. The summed E-state index contributed by atoms with van der Waals surface area (Å²) in [5, 5.41) is 3.12. The molecule has 1 aliphatic rings. The maximum absolute atomic E-state index is 6.02. The Morgan fingerprint density at radius 2 is 1.92 bits per heavy atom. The molecule has 1 heterocycles. The summed E-state index contributed by atoms with van der Waals surface area (Å²) >= 11 is 0. The second-order valence-corrected chi connectivity index (χ2v) is 6.42. The van der Waals surface area contributed by atoms with Gasteiger partial charge in [0, 0.05) is 24.8 Å². The van der Waals surface area contributed by atoms with Gasteiger partial charge in [-0.2, -0.15) is 0 Å². The van der Waals surface area contributed by atoms with Crippen molar-refractivity contribution in [2.24, 2.45) is 10.7 Å². The summed E-state index contributed by atoms with van der Waals surface area (Å²) in [7, 11) is 1.65. The number of hydrogen-bond acceptors (Lipinski definition) is 3. The molecule has 5 heteroatoms. The summed E-state index contributed by atoms with van der Waals surface area (Å²) in [4.78, 5) is 6.97. The van der Waals surface area contributed by atoms with Gasteiger partial charge in [-0.25, -0.2) is 0 Å². The Labute approximate surface area is 149 Å². The first-order chi connectivity index (χ1) is 12.2. The highest BCUT2D eigenvalue weighted by molar-refractivity contribution is 5.92. The van der Waals surface area contributed by atoms with E-state index in [1.807, 2.05) is 24.3 Å². The van der Waals surface area contributed by atoms with Crippen LogP contribution in [0.2, 0.25) is 0 Å². The molecule has 0 aliphatic carbocycles. The molecule has 1 atom stereocenters. The molecule has 1 unspecified atom stereocenters. The number of nitrogens with one attached hydrogen (secondary N) is 1. The van der Waals surface area contributed by atoms with Crippen LogP contribution < -0.4 is 15.8 Å². The molecule has 3 rings (SSSR count). The molecule has 5 nitrogen and oxygen atoms in total. The van der Waals surface area contributed by atoms with Crippen molar-refractivity contribution in [3.63, 3.8) is 0 Å². The van der Waals surface area contributed by atoms with Crippen LogP contribution in [0.3, 0.4) is 0 Å². The Morgan fingerprint density at radius 3 is 2.64 bits per heavy atom. The van der Waals surface area contributed by atoms with Crippen LogP contribution in [-0.2, 0) is 13.0 Å². The van der Waals surface area contributed by atoms with Gasteiger partial charge in [0.05, 0.1) is 13.7 Å². The molecule has 2 aromatic carbocycles. The first kappa shape index (κ1) is 17.3. The van der Waals surface area contributed by atoms with Gasteiger partial charge in [0.25, 0.3) is 0 Å². The number of fused-ring (bicyclic) bond motifs is 1. The van der Waals surface area contributed by atoms with E-state index in [4.69, 9.17) is 10.5 Å². The first-order valence-corrected chi connectivity index (χ1v) is 8.67. The molecule has 0 spiro atoms. The van der Waals surface area contributed by atoms with E-state index >= 15 is 0 Å². The lowest BCUT2D eigenvalue weighted by Gasteiger charge is -2.33. The van der Waals surface area contributed by atoms with E-state index in [1.54, 1.807) is 7.11 Å². The van der Waals surface area contributed by atoms with Crippen LogP contribution in [0, 0.1) is 0 Å². The molecule has 0 radical (unpaired) electrons. The Morgan fingerprint density at radius 1 is 1.20 bits per heavy atom. The quantitative estimate of drug-likeness (QED) is 0.650. The van der Waals surface area contributed by atoms with Gasteiger partial charge in [-0.3, -0.25) is 9.89 Å². The number of benzene rings is 2. The molecule has 3 N–H and O–H groups in total. The fraction of sp³-hybridized carbons (Fsp3) is 0.350. The molecular weight excluding hydrogens is 312 g/mol. The molecule has 132 valence electrons. The summed E-state index contributed by atoms with van der Waals surface area (Å²) in [5.41, 5.74) is 9.82. The van der Waals surface area contributed by atoms with E-state index in [0.717, 1.165) is 30.9 Å². The zero-order valence-electron chi connectivity index (χ0n) is 14.9. The number of nitrogens with two attached hydrogens (primary N) is 1. The van der Waals surface area contributed by atoms with Gasteiger partial charge in [-0.15, -0.1) is 0 Å². The Hall–Kier alpha value is -2.53. The average Bonchev–Trinajstić information content (AvgIpc) is 2.66. The van der Waals surface area contributed by atoms with Gasteiger partial charge >= 0.3 is 0 Å². The van der Waals surface area contributed by atoms with Crippen molar-refractivity contribution in [3.05, 3.63) is 59.7 Å². The fourth-order valence-electron chi connectivity index (χ4n) is 3.10. The van der Waals surface area contributed by atoms with Crippen LogP contribution in [-0.4, -0.2) is 37.1 Å². The molecule has 0 fully saturated rings. The summed E-state index contributed by atoms with van der Waals surface area (Å²) < 4.78 is 5.15. The summed E-state index contributed by atoms with van der Waals surface area (Å²) in [5.74, 6) is 1.26. The zero-order valence-corrected chi connectivity index (χ0v) is 14.9. The molecule has 25 heavy (non-hydrogen) atoms. The number of aliphatic imine (C=N–C) groups is 1. The lowest BCUT2D eigenvalue weighted by Crippen LogP contribution is -2.39. The van der Waals surface area contributed by atoms with Crippen molar-refractivity contribution >= 4 is 11.6 Å². The summed E-state index contributed by atoms with van der Waals surface area (Å²) in [6.45, 7) is 4.94. The smallest absolute Gasteiger partial charge is 0.193 e. The average molecular weight is 338 g/mol. The molecular formula is C20H26N4O. The first-order valence-electron chi connectivity index (χ1n) is 8.67. The van der Waals surface area contributed by atoms with Crippen LogP contribution in [0.15, 0.2) is 53.5 Å². The third-order valence-electron chi connectivity index (χ3n) is 4.67. The molecule has 0 bridgehead atoms. The number of ether oxygens (including phenoxy) is 1. The Balaban J connectivity index is 1.54. The third-order valence-corrected chi connectivity index (χ3v) is 4.67. The van der Waals surface area contributed by atoms with Crippen molar-refractivity contribution in [2.75, 3.05) is 25.5 Å². The number of hydrogen-bond donors (Lipinski definition) is 2. The zero-order chi connectivity index (χ0) is 17.6. The molecule has 0 amide bonds. The second kappa shape index (κ2) is 8.03. The monoisotopic (exact) mass is 338 g/mol. The predicted octanol–water partition coefficient (Wildman–Crippen LogP) is 2.87. The standard InChI is InChI=1S/C20H26N4O/c1-15(24-12-11-16-5-3-4-6-17(16)14-24)13-22-20(21)23-18-7-9-19(25-2)10-8-18/h3-10,15H,11-14H2,1-2H3,(H3,21,22,23). The number of anilines is 1. The molecule has 0 saturated heterocycles. The molecule has 2 aromatic rings. The van der Waals surface area contributed by atoms with Gasteiger partial charge in [0.15, 0.2) is 5.96 Å². The van der Waals surface area contributed by atoms with Crippen molar-refractivity contribution in [1.29, 1.82) is 0 Å². The lowest BCUT2D eigenvalue weighted by atomic mass is 9.99. The molecule has 0 saturated carbocycles. The highest BCUT2D eigenvalue weighted by atomic mass is 16.5. The SMILES string of the molecule is COc1ccc(NC(N)=NCC(C)N2CCc3ccccc3C2)cc1. The van der Waals surface area contributed by atoms with Crippen LogP contribution in [0.4, 0.5) is 5.69 Å². The summed E-state index contributed by atoms with van der Waals surface area (Å²) in [6.07, 6.45) is 1.10. The van der Waals surface area contributed by atoms with Crippen molar-refractivity contribution in [2.45, 2.75) is 25.9 Å². The van der Waals surface area contributed by atoms with Gasteiger partial charge in [0.1, 0.15) is 5.75 Å². The molecule has 0 aromatic heterocycles. The van der Waals surface area contributed by atoms with E-state index in [1.165, 1.54) is 11.1 Å². The Kier molecular flexibility index (Phi) is 5.56. The van der Waals surface area contributed by atoms with Gasteiger partial charge < -0.3 is 15.8 Å². The number of methoxy groups -OCH3 is 1. The van der Waals surface area contributed by atoms with Crippen LogP contribution in [0.5, 0.6) is 5.75 Å². The topological polar surface area (TPSA) is 62.9 Å².